The first-order chi connectivity index (χ1) is 11.1. The number of para-hydroxylation sites is 1. The molecule has 0 bridgehead atoms. The van der Waals surface area contributed by atoms with Gasteiger partial charge in [0, 0.05) is 13.1 Å². The maximum Gasteiger partial charge on any atom is 0.306 e. The summed E-state index contributed by atoms with van der Waals surface area (Å²) in [7, 11) is 0. The Morgan fingerprint density at radius 2 is 2.09 bits per heavy atom. The molecule has 1 heterocycles. The molecular formula is C17H21NO5. The molecule has 124 valence electrons. The molecule has 1 aliphatic heterocycles. The average Bonchev–Trinajstić information content (AvgIpc) is 3.36. The highest BCUT2D eigenvalue weighted by Gasteiger charge is 2.28. The molecule has 1 N–H and O–H groups in total. The van der Waals surface area contributed by atoms with Gasteiger partial charge in [0.2, 0.25) is 0 Å². The van der Waals surface area contributed by atoms with Crippen molar-refractivity contribution in [2.45, 2.75) is 25.4 Å². The number of carbonyl (C=O) groups is 2. The lowest BCUT2D eigenvalue weighted by molar-refractivity contribution is -0.141. The number of hydrogen-bond acceptors (Lipinski definition) is 4. The first-order valence-corrected chi connectivity index (χ1v) is 7.98. The van der Waals surface area contributed by atoms with E-state index in [1.165, 1.54) is 12.8 Å². The summed E-state index contributed by atoms with van der Waals surface area (Å²) in [6.45, 7) is 1.76. The number of hydrogen-bond donors (Lipinski definition) is 1. The Bertz CT molecular complexity index is 584. The summed E-state index contributed by atoms with van der Waals surface area (Å²) in [5.74, 6) is 0.166. The van der Waals surface area contributed by atoms with Crippen molar-refractivity contribution in [3.8, 4) is 5.75 Å². The fourth-order valence-corrected chi connectivity index (χ4v) is 2.65. The van der Waals surface area contributed by atoms with Gasteiger partial charge >= 0.3 is 5.97 Å². The number of rotatable bonds is 6. The SMILES string of the molecule is O=C(O)C[C@@H]1CN(C(=O)c2ccccc2OCC2CC2)CCO1. The maximum absolute atomic E-state index is 12.8. The second-order valence-electron chi connectivity index (χ2n) is 6.09. The number of nitrogens with zero attached hydrogens (tertiary/aromatic N) is 1. The Kier molecular flexibility index (Phi) is 4.81. The van der Waals surface area contributed by atoms with E-state index in [1.54, 1.807) is 11.0 Å². The topological polar surface area (TPSA) is 76.1 Å². The number of benzene rings is 1. The second kappa shape index (κ2) is 7.00. The van der Waals surface area contributed by atoms with Gasteiger partial charge in [0.05, 0.1) is 31.3 Å². The fourth-order valence-electron chi connectivity index (χ4n) is 2.65. The molecule has 3 rings (SSSR count). The summed E-state index contributed by atoms with van der Waals surface area (Å²) in [6.07, 6.45) is 1.83. The number of amides is 1. The van der Waals surface area contributed by atoms with Crippen molar-refractivity contribution in [1.82, 2.24) is 4.90 Å². The third-order valence-corrected chi connectivity index (χ3v) is 4.12. The molecule has 0 unspecified atom stereocenters. The molecule has 6 heteroatoms. The molecule has 1 aliphatic carbocycles. The normalized spacial score (nSPS) is 21.0. The third kappa shape index (κ3) is 4.22. The molecule has 0 spiro atoms. The molecule has 1 saturated carbocycles. The standard InChI is InChI=1S/C17H21NO5/c19-16(20)9-13-10-18(7-8-22-13)17(21)14-3-1-2-4-15(14)23-11-12-5-6-12/h1-4,12-13H,5-11H2,(H,19,20)/t13-/m1/s1. The lowest BCUT2D eigenvalue weighted by Crippen LogP contribution is -2.46. The Morgan fingerprint density at radius 1 is 1.30 bits per heavy atom. The molecule has 1 atom stereocenters. The van der Waals surface area contributed by atoms with Crippen LogP contribution in [0.4, 0.5) is 0 Å². The molecule has 2 fully saturated rings. The lowest BCUT2D eigenvalue weighted by atomic mass is 10.1. The average molecular weight is 319 g/mol. The zero-order chi connectivity index (χ0) is 16.2. The van der Waals surface area contributed by atoms with E-state index in [0.29, 0.717) is 43.5 Å². The van der Waals surface area contributed by atoms with Crippen LogP contribution in [0.25, 0.3) is 0 Å². The van der Waals surface area contributed by atoms with E-state index in [4.69, 9.17) is 14.6 Å². The van der Waals surface area contributed by atoms with Crippen LogP contribution in [0.15, 0.2) is 24.3 Å². The van der Waals surface area contributed by atoms with E-state index < -0.39 is 12.1 Å². The number of carbonyl (C=O) groups excluding carboxylic acids is 1. The monoisotopic (exact) mass is 319 g/mol. The van der Waals surface area contributed by atoms with Gasteiger partial charge in [-0.1, -0.05) is 12.1 Å². The highest BCUT2D eigenvalue weighted by atomic mass is 16.5. The quantitative estimate of drug-likeness (QED) is 0.865. The highest BCUT2D eigenvalue weighted by Crippen LogP contribution is 2.30. The van der Waals surface area contributed by atoms with Crippen LogP contribution < -0.4 is 4.74 Å². The van der Waals surface area contributed by atoms with Crippen molar-refractivity contribution < 1.29 is 24.2 Å². The predicted molar refractivity (Wildman–Crippen MR) is 82.6 cm³/mol. The molecule has 2 aliphatic rings. The van der Waals surface area contributed by atoms with Crippen LogP contribution in [-0.2, 0) is 9.53 Å². The Labute approximate surface area is 135 Å². The molecule has 0 radical (unpaired) electrons. The second-order valence-corrected chi connectivity index (χ2v) is 6.09. The molecule has 23 heavy (non-hydrogen) atoms. The van der Waals surface area contributed by atoms with Crippen LogP contribution in [0.1, 0.15) is 29.6 Å². The molecule has 6 nitrogen and oxygen atoms in total. The van der Waals surface area contributed by atoms with Gasteiger partial charge in [0.1, 0.15) is 5.75 Å². The van der Waals surface area contributed by atoms with Crippen LogP contribution >= 0.6 is 0 Å². The van der Waals surface area contributed by atoms with E-state index in [2.05, 4.69) is 0 Å². The molecular weight excluding hydrogens is 298 g/mol. The molecule has 1 amide bonds. The van der Waals surface area contributed by atoms with Crippen LogP contribution in [0, 0.1) is 5.92 Å². The van der Waals surface area contributed by atoms with Crippen LogP contribution in [0.5, 0.6) is 5.75 Å². The van der Waals surface area contributed by atoms with Crippen molar-refractivity contribution in [3.63, 3.8) is 0 Å². The number of ether oxygens (including phenoxy) is 2. The van der Waals surface area contributed by atoms with Crippen LogP contribution in [-0.4, -0.2) is 54.3 Å². The van der Waals surface area contributed by atoms with Gasteiger partial charge in [0.15, 0.2) is 0 Å². The summed E-state index contributed by atoms with van der Waals surface area (Å²) < 4.78 is 11.2. The lowest BCUT2D eigenvalue weighted by Gasteiger charge is -2.32. The predicted octanol–water partition coefficient (Wildman–Crippen LogP) is 1.79. The minimum Gasteiger partial charge on any atom is -0.492 e. The van der Waals surface area contributed by atoms with Gasteiger partial charge in [-0.3, -0.25) is 9.59 Å². The third-order valence-electron chi connectivity index (χ3n) is 4.12. The number of aliphatic carboxylic acids is 1. The summed E-state index contributed by atoms with van der Waals surface area (Å²) in [5, 5.41) is 8.88. The largest absolute Gasteiger partial charge is 0.492 e. The summed E-state index contributed by atoms with van der Waals surface area (Å²) >= 11 is 0. The summed E-state index contributed by atoms with van der Waals surface area (Å²) in [5.41, 5.74) is 0.532. The molecule has 1 aromatic rings. The molecule has 1 aromatic carbocycles. The smallest absolute Gasteiger partial charge is 0.306 e. The van der Waals surface area contributed by atoms with Gasteiger partial charge < -0.3 is 19.5 Å². The van der Waals surface area contributed by atoms with E-state index >= 15 is 0 Å². The van der Waals surface area contributed by atoms with Crippen molar-refractivity contribution >= 4 is 11.9 Å². The van der Waals surface area contributed by atoms with Crippen molar-refractivity contribution in [1.29, 1.82) is 0 Å². The number of morpholine rings is 1. The first-order valence-electron chi connectivity index (χ1n) is 7.98. The molecule has 1 saturated heterocycles. The highest BCUT2D eigenvalue weighted by molar-refractivity contribution is 5.97. The number of carboxylic acids is 1. The summed E-state index contributed by atoms with van der Waals surface area (Å²) in [6, 6.07) is 7.23. The van der Waals surface area contributed by atoms with Crippen molar-refractivity contribution in [2.75, 3.05) is 26.3 Å². The van der Waals surface area contributed by atoms with E-state index in [0.717, 1.165) is 0 Å². The van der Waals surface area contributed by atoms with Gasteiger partial charge in [-0.2, -0.15) is 0 Å². The first kappa shape index (κ1) is 15.8. The maximum atomic E-state index is 12.8. The van der Waals surface area contributed by atoms with Gasteiger partial charge in [-0.15, -0.1) is 0 Å². The Morgan fingerprint density at radius 3 is 2.83 bits per heavy atom. The van der Waals surface area contributed by atoms with E-state index in [9.17, 15) is 9.59 Å². The van der Waals surface area contributed by atoms with E-state index in [1.807, 2.05) is 18.2 Å². The Hall–Kier alpha value is -2.08. The fraction of sp³-hybridized carbons (Fsp3) is 0.529. The zero-order valence-electron chi connectivity index (χ0n) is 12.9. The Balaban J connectivity index is 1.67. The molecule has 0 aromatic heterocycles. The minimum atomic E-state index is -0.919. The van der Waals surface area contributed by atoms with Crippen molar-refractivity contribution in [3.05, 3.63) is 29.8 Å². The summed E-state index contributed by atoms with van der Waals surface area (Å²) in [4.78, 5) is 25.2. The van der Waals surface area contributed by atoms with Crippen LogP contribution in [0.3, 0.4) is 0 Å². The van der Waals surface area contributed by atoms with Gasteiger partial charge in [-0.25, -0.2) is 0 Å². The number of carboxylic acid groups (broad SMARTS) is 1. The minimum absolute atomic E-state index is 0.0936. The zero-order valence-corrected chi connectivity index (χ0v) is 12.9. The van der Waals surface area contributed by atoms with Gasteiger partial charge in [-0.05, 0) is 30.9 Å². The van der Waals surface area contributed by atoms with E-state index in [-0.39, 0.29) is 12.3 Å². The van der Waals surface area contributed by atoms with Gasteiger partial charge in [0.25, 0.3) is 5.91 Å². The van der Waals surface area contributed by atoms with Crippen LogP contribution in [0.2, 0.25) is 0 Å². The van der Waals surface area contributed by atoms with Crippen molar-refractivity contribution in [2.24, 2.45) is 5.92 Å².